The molecule has 2 aromatic rings. The molecule has 0 amide bonds. The zero-order valence-electron chi connectivity index (χ0n) is 10.9. The maximum atomic E-state index is 13.9. The quantitative estimate of drug-likeness (QED) is 0.486. The summed E-state index contributed by atoms with van der Waals surface area (Å²) in [6, 6.07) is 1.53. The van der Waals surface area contributed by atoms with Crippen LogP contribution in [-0.2, 0) is 18.0 Å². The minimum absolute atomic E-state index is 0.0134. The van der Waals surface area contributed by atoms with E-state index in [1.54, 1.807) is 0 Å². The van der Waals surface area contributed by atoms with E-state index in [1.165, 1.54) is 17.9 Å². The number of aryl methyl sites for hydroxylation is 1. The first-order valence-corrected chi connectivity index (χ1v) is 5.59. The van der Waals surface area contributed by atoms with Gasteiger partial charge >= 0.3 is 12.1 Å². The Morgan fingerprint density at radius 2 is 2.00 bits per heavy atom. The number of esters is 1. The van der Waals surface area contributed by atoms with E-state index in [0.717, 1.165) is 13.2 Å². The average Bonchev–Trinajstić information content (AvgIpc) is 2.78. The Bertz CT molecular complexity index is 694. The van der Waals surface area contributed by atoms with Gasteiger partial charge in [0.2, 0.25) is 5.95 Å². The lowest BCUT2D eigenvalue weighted by Gasteiger charge is -2.09. The maximum absolute atomic E-state index is 13.9. The van der Waals surface area contributed by atoms with Crippen molar-refractivity contribution in [2.45, 2.75) is 6.18 Å². The first-order chi connectivity index (χ1) is 9.75. The third-order valence-corrected chi connectivity index (χ3v) is 2.71. The molecule has 0 N–H and O–H groups in total. The van der Waals surface area contributed by atoms with Gasteiger partial charge in [-0.1, -0.05) is 0 Å². The molecule has 0 aromatic carbocycles. The lowest BCUT2D eigenvalue weighted by molar-refractivity contribution is -0.141. The van der Waals surface area contributed by atoms with Crippen LogP contribution >= 0.6 is 0 Å². The number of hydrogen-bond donors (Lipinski definition) is 0. The molecule has 0 spiro atoms. The first-order valence-electron chi connectivity index (χ1n) is 5.59. The molecule has 0 aliphatic carbocycles. The van der Waals surface area contributed by atoms with Crippen molar-refractivity contribution in [1.29, 1.82) is 0 Å². The molecule has 2 rings (SSSR count). The van der Waals surface area contributed by atoms with E-state index >= 15 is 0 Å². The van der Waals surface area contributed by atoms with Crippen LogP contribution in [0.25, 0.3) is 11.3 Å². The Balaban J connectivity index is 2.58. The highest BCUT2D eigenvalue weighted by Gasteiger charge is 2.34. The summed E-state index contributed by atoms with van der Waals surface area (Å²) in [5.41, 5.74) is -1.85. The Kier molecular flexibility index (Phi) is 3.67. The van der Waals surface area contributed by atoms with Crippen LogP contribution in [0.3, 0.4) is 0 Å². The standard InChI is InChI=1S/C12H9F4N3O2/c1-19-5-17-8(11(20)21-2)9(19)6-3-4-7(12(14,15)16)18-10(6)13/h3-5H,1-2H3. The van der Waals surface area contributed by atoms with Gasteiger partial charge in [0.15, 0.2) is 5.69 Å². The highest BCUT2D eigenvalue weighted by atomic mass is 19.4. The third kappa shape index (κ3) is 2.71. The van der Waals surface area contributed by atoms with Crippen molar-refractivity contribution < 1.29 is 27.1 Å². The van der Waals surface area contributed by atoms with Gasteiger partial charge in [-0.3, -0.25) is 0 Å². The van der Waals surface area contributed by atoms with E-state index in [2.05, 4.69) is 14.7 Å². The summed E-state index contributed by atoms with van der Waals surface area (Å²) in [5.74, 6) is -2.18. The zero-order valence-corrected chi connectivity index (χ0v) is 10.9. The highest BCUT2D eigenvalue weighted by molar-refractivity contribution is 5.94. The number of carbonyl (C=O) groups is 1. The molecular weight excluding hydrogens is 294 g/mol. The molecule has 0 aliphatic rings. The smallest absolute Gasteiger partial charge is 0.433 e. The van der Waals surface area contributed by atoms with E-state index in [-0.39, 0.29) is 17.0 Å². The molecule has 21 heavy (non-hydrogen) atoms. The Labute approximate surface area is 116 Å². The van der Waals surface area contributed by atoms with Crippen LogP contribution in [-0.4, -0.2) is 27.6 Å². The van der Waals surface area contributed by atoms with Gasteiger partial charge in [-0.05, 0) is 12.1 Å². The molecule has 2 aromatic heterocycles. The van der Waals surface area contributed by atoms with Crippen molar-refractivity contribution in [3.63, 3.8) is 0 Å². The predicted molar refractivity (Wildman–Crippen MR) is 62.7 cm³/mol. The molecule has 5 nitrogen and oxygen atoms in total. The second-order valence-electron chi connectivity index (χ2n) is 4.08. The first kappa shape index (κ1) is 14.9. The lowest BCUT2D eigenvalue weighted by atomic mass is 10.1. The van der Waals surface area contributed by atoms with Crippen LogP contribution < -0.4 is 0 Å². The molecule has 0 aliphatic heterocycles. The topological polar surface area (TPSA) is 57.0 Å². The Hall–Kier alpha value is -2.45. The van der Waals surface area contributed by atoms with Crippen LogP contribution in [0.1, 0.15) is 16.2 Å². The average molecular weight is 303 g/mol. The van der Waals surface area contributed by atoms with Crippen molar-refractivity contribution in [2.75, 3.05) is 7.11 Å². The van der Waals surface area contributed by atoms with E-state index in [1.807, 2.05) is 0 Å². The largest absolute Gasteiger partial charge is 0.464 e. The number of methoxy groups -OCH3 is 1. The van der Waals surface area contributed by atoms with Crippen LogP contribution in [0, 0.1) is 5.95 Å². The van der Waals surface area contributed by atoms with Gasteiger partial charge in [-0.2, -0.15) is 17.6 Å². The molecule has 0 fully saturated rings. The second kappa shape index (κ2) is 5.15. The van der Waals surface area contributed by atoms with Gasteiger partial charge in [-0.25, -0.2) is 14.8 Å². The van der Waals surface area contributed by atoms with Crippen LogP contribution in [0.5, 0.6) is 0 Å². The Morgan fingerprint density at radius 3 is 2.52 bits per heavy atom. The number of nitrogens with zero attached hydrogens (tertiary/aromatic N) is 3. The van der Waals surface area contributed by atoms with Gasteiger partial charge in [-0.15, -0.1) is 0 Å². The monoisotopic (exact) mass is 303 g/mol. The minimum atomic E-state index is -4.75. The molecule has 0 atom stereocenters. The summed E-state index contributed by atoms with van der Waals surface area (Å²) in [5, 5.41) is 0. The van der Waals surface area contributed by atoms with Crippen molar-refractivity contribution in [1.82, 2.24) is 14.5 Å². The number of aromatic nitrogens is 3. The number of alkyl halides is 3. The summed E-state index contributed by atoms with van der Waals surface area (Å²) in [6.07, 6.45) is -3.53. The number of ether oxygens (including phenoxy) is 1. The molecule has 112 valence electrons. The fraction of sp³-hybridized carbons (Fsp3) is 0.250. The van der Waals surface area contributed by atoms with Gasteiger partial charge in [0.1, 0.15) is 5.69 Å². The number of hydrogen-bond acceptors (Lipinski definition) is 4. The summed E-state index contributed by atoms with van der Waals surface area (Å²) < 4.78 is 57.0. The molecule has 9 heteroatoms. The number of rotatable bonds is 2. The van der Waals surface area contributed by atoms with E-state index in [4.69, 9.17) is 0 Å². The Morgan fingerprint density at radius 1 is 1.33 bits per heavy atom. The minimum Gasteiger partial charge on any atom is -0.464 e. The highest BCUT2D eigenvalue weighted by Crippen LogP contribution is 2.31. The second-order valence-corrected chi connectivity index (χ2v) is 4.08. The molecule has 0 radical (unpaired) electrons. The summed E-state index contributed by atoms with van der Waals surface area (Å²) in [6.45, 7) is 0. The zero-order chi connectivity index (χ0) is 15.8. The number of imidazole rings is 1. The van der Waals surface area contributed by atoms with Crippen LogP contribution in [0.15, 0.2) is 18.5 Å². The van der Waals surface area contributed by atoms with E-state index in [9.17, 15) is 22.4 Å². The number of carbonyl (C=O) groups excluding carboxylic acids is 1. The van der Waals surface area contributed by atoms with E-state index in [0.29, 0.717) is 6.07 Å². The van der Waals surface area contributed by atoms with Crippen molar-refractivity contribution in [3.8, 4) is 11.3 Å². The van der Waals surface area contributed by atoms with Gasteiger partial charge in [0.05, 0.1) is 24.7 Å². The summed E-state index contributed by atoms with van der Waals surface area (Å²) >= 11 is 0. The fourth-order valence-corrected chi connectivity index (χ4v) is 1.76. The molecular formula is C12H9F4N3O2. The fourth-order valence-electron chi connectivity index (χ4n) is 1.76. The van der Waals surface area contributed by atoms with Crippen molar-refractivity contribution in [2.24, 2.45) is 7.05 Å². The van der Waals surface area contributed by atoms with Gasteiger partial charge < -0.3 is 9.30 Å². The maximum Gasteiger partial charge on any atom is 0.433 e. The summed E-state index contributed by atoms with van der Waals surface area (Å²) in [7, 11) is 2.58. The SMILES string of the molecule is COC(=O)c1ncn(C)c1-c1ccc(C(F)(F)F)nc1F. The molecule has 0 saturated heterocycles. The van der Waals surface area contributed by atoms with Crippen LogP contribution in [0.2, 0.25) is 0 Å². The van der Waals surface area contributed by atoms with Gasteiger partial charge in [0, 0.05) is 7.05 Å². The predicted octanol–water partition coefficient (Wildman–Crippen LogP) is 2.43. The third-order valence-electron chi connectivity index (χ3n) is 2.71. The number of pyridine rings is 1. The van der Waals surface area contributed by atoms with Crippen LogP contribution in [0.4, 0.5) is 17.6 Å². The molecule has 2 heterocycles. The van der Waals surface area contributed by atoms with Crippen molar-refractivity contribution in [3.05, 3.63) is 35.8 Å². The number of halogens is 4. The van der Waals surface area contributed by atoms with E-state index < -0.39 is 23.8 Å². The molecule has 0 bridgehead atoms. The summed E-state index contributed by atoms with van der Waals surface area (Å²) in [4.78, 5) is 18.2. The molecule has 0 saturated carbocycles. The lowest BCUT2D eigenvalue weighted by Crippen LogP contribution is -2.11. The van der Waals surface area contributed by atoms with Crippen molar-refractivity contribution >= 4 is 5.97 Å². The molecule has 0 unspecified atom stereocenters. The normalized spacial score (nSPS) is 11.5. The van der Waals surface area contributed by atoms with Gasteiger partial charge in [0.25, 0.3) is 0 Å².